The first kappa shape index (κ1) is 19.0. The fraction of sp³-hybridized carbons (Fsp3) is 0.579. The van der Waals surface area contributed by atoms with Crippen molar-refractivity contribution in [1.82, 2.24) is 0 Å². The van der Waals surface area contributed by atoms with Crippen molar-refractivity contribution in [1.29, 1.82) is 0 Å². The van der Waals surface area contributed by atoms with Gasteiger partial charge in [-0.2, -0.15) is 0 Å². The molecule has 0 saturated carbocycles. The predicted octanol–water partition coefficient (Wildman–Crippen LogP) is 4.30. The zero-order valence-electron chi connectivity index (χ0n) is 14.8. The van der Waals surface area contributed by atoms with Gasteiger partial charge in [-0.25, -0.2) is 19.6 Å². The molecule has 0 N–H and O–H groups in total. The largest absolute Gasteiger partial charge is 0.235 e. The summed E-state index contributed by atoms with van der Waals surface area (Å²) in [7, 11) is 0. The predicted molar refractivity (Wildman–Crippen MR) is 92.3 cm³/mol. The number of aliphatic imine (C=N–C) groups is 2. The van der Waals surface area contributed by atoms with Crippen molar-refractivity contribution in [2.75, 3.05) is 0 Å². The number of rotatable bonds is 8. The van der Waals surface area contributed by atoms with Gasteiger partial charge in [-0.05, 0) is 59.1 Å². The smallest absolute Gasteiger partial charge is 0.211 e. The Morgan fingerprint density at radius 3 is 1.91 bits per heavy atom. The molecule has 0 heterocycles. The van der Waals surface area contributed by atoms with E-state index in [0.717, 1.165) is 36.0 Å². The van der Waals surface area contributed by atoms with Crippen LogP contribution < -0.4 is 0 Å². The Balaban J connectivity index is 3.82. The summed E-state index contributed by atoms with van der Waals surface area (Å²) in [4.78, 5) is 28.8. The van der Waals surface area contributed by atoms with E-state index in [4.69, 9.17) is 0 Å². The number of isocyanates is 2. The fourth-order valence-corrected chi connectivity index (χ4v) is 3.47. The van der Waals surface area contributed by atoms with Crippen molar-refractivity contribution < 1.29 is 9.59 Å². The molecule has 0 aliphatic heterocycles. The monoisotopic (exact) mass is 314 g/mol. The maximum atomic E-state index is 10.6. The Labute approximate surface area is 138 Å². The van der Waals surface area contributed by atoms with Gasteiger partial charge in [0.2, 0.25) is 12.2 Å². The summed E-state index contributed by atoms with van der Waals surface area (Å²) in [5.41, 5.74) is 7.16. The number of hydrogen-bond acceptors (Lipinski definition) is 4. The highest BCUT2D eigenvalue weighted by Crippen LogP contribution is 2.35. The quantitative estimate of drug-likeness (QED) is 0.530. The minimum Gasteiger partial charge on any atom is -0.211 e. The van der Waals surface area contributed by atoms with E-state index in [1.54, 1.807) is 12.2 Å². The van der Waals surface area contributed by atoms with Crippen LogP contribution in [0.5, 0.6) is 0 Å². The van der Waals surface area contributed by atoms with Crippen LogP contribution in [-0.2, 0) is 35.5 Å². The number of hydrogen-bond donors (Lipinski definition) is 0. The van der Waals surface area contributed by atoms with Crippen LogP contribution in [0.1, 0.15) is 73.4 Å². The van der Waals surface area contributed by atoms with Crippen LogP contribution >= 0.6 is 0 Å². The van der Waals surface area contributed by atoms with Crippen LogP contribution in [0.4, 0.5) is 0 Å². The average molecular weight is 314 g/mol. The van der Waals surface area contributed by atoms with E-state index < -0.39 is 0 Å². The summed E-state index contributed by atoms with van der Waals surface area (Å²) in [5, 5.41) is 0. The van der Waals surface area contributed by atoms with Crippen molar-refractivity contribution in [3.63, 3.8) is 0 Å². The highest BCUT2D eigenvalue weighted by molar-refractivity contribution is 5.54. The molecule has 1 aromatic carbocycles. The van der Waals surface area contributed by atoms with Gasteiger partial charge in [-0.15, -0.1) is 0 Å². The molecule has 0 bridgehead atoms. The molecular formula is C19H26N2O2. The molecule has 0 amide bonds. The highest BCUT2D eigenvalue weighted by atomic mass is 16.1. The van der Waals surface area contributed by atoms with Gasteiger partial charge in [-0.3, -0.25) is 0 Å². The van der Waals surface area contributed by atoms with E-state index in [2.05, 4.69) is 44.6 Å². The molecule has 0 atom stereocenters. The summed E-state index contributed by atoms with van der Waals surface area (Å²) in [6.45, 7) is 11.3. The first-order chi connectivity index (χ1) is 11.0. The lowest BCUT2D eigenvalue weighted by Crippen LogP contribution is -2.12. The normalized spacial score (nSPS) is 10.3. The lowest BCUT2D eigenvalue weighted by atomic mass is 9.80. The SMILES string of the molecule is CCCc1c(CC)c(C)c(CN=C=O)c(CN=C=O)c1C(C)C. The Morgan fingerprint density at radius 2 is 1.48 bits per heavy atom. The zero-order valence-corrected chi connectivity index (χ0v) is 14.8. The Hall–Kier alpha value is -2.02. The maximum Gasteiger partial charge on any atom is 0.235 e. The van der Waals surface area contributed by atoms with Crippen molar-refractivity contribution in [2.24, 2.45) is 9.98 Å². The van der Waals surface area contributed by atoms with Gasteiger partial charge in [0.25, 0.3) is 0 Å². The number of carbonyl (C=O) groups excluding carboxylic acids is 2. The summed E-state index contributed by atoms with van der Waals surface area (Å²) < 4.78 is 0. The van der Waals surface area contributed by atoms with Gasteiger partial charge in [0.1, 0.15) is 0 Å². The molecule has 0 aliphatic carbocycles. The number of benzene rings is 1. The molecular weight excluding hydrogens is 288 g/mol. The zero-order chi connectivity index (χ0) is 17.4. The van der Waals surface area contributed by atoms with Gasteiger partial charge < -0.3 is 0 Å². The molecule has 0 unspecified atom stereocenters. The van der Waals surface area contributed by atoms with E-state index >= 15 is 0 Å². The lowest BCUT2D eigenvalue weighted by molar-refractivity contribution is 0.561. The molecule has 1 rings (SSSR count). The molecule has 0 aromatic heterocycles. The standard InChI is InChI=1S/C19H26N2O2/c1-6-8-16-15(7-2)14(5)17(9-20-11-22)18(10-21-12-23)19(16)13(3)4/h13H,6-10H2,1-5H3. The van der Waals surface area contributed by atoms with Crippen molar-refractivity contribution >= 4 is 12.2 Å². The van der Waals surface area contributed by atoms with Gasteiger partial charge in [0, 0.05) is 0 Å². The molecule has 0 saturated heterocycles. The molecule has 0 spiro atoms. The van der Waals surface area contributed by atoms with Crippen LogP contribution in [-0.4, -0.2) is 12.2 Å². The second kappa shape index (κ2) is 9.19. The molecule has 0 fully saturated rings. The Kier molecular flexibility index (Phi) is 7.61. The van der Waals surface area contributed by atoms with Crippen molar-refractivity contribution in [2.45, 2.75) is 72.9 Å². The summed E-state index contributed by atoms with van der Waals surface area (Å²) in [5.74, 6) is 0.318. The molecule has 1 aromatic rings. The third-order valence-electron chi connectivity index (χ3n) is 4.32. The minimum absolute atomic E-state index is 0.290. The molecule has 4 nitrogen and oxygen atoms in total. The second-order valence-electron chi connectivity index (χ2n) is 6.03. The van der Waals surface area contributed by atoms with Crippen molar-refractivity contribution in [3.8, 4) is 0 Å². The van der Waals surface area contributed by atoms with Crippen LogP contribution in [0.15, 0.2) is 9.98 Å². The molecule has 0 radical (unpaired) electrons. The highest BCUT2D eigenvalue weighted by Gasteiger charge is 2.21. The van der Waals surface area contributed by atoms with E-state index in [0.29, 0.717) is 12.5 Å². The topological polar surface area (TPSA) is 58.9 Å². The number of nitrogens with zero attached hydrogens (tertiary/aromatic N) is 2. The third-order valence-corrected chi connectivity index (χ3v) is 4.32. The van der Waals surface area contributed by atoms with Crippen LogP contribution in [0.25, 0.3) is 0 Å². The van der Waals surface area contributed by atoms with E-state index in [9.17, 15) is 9.59 Å². The van der Waals surface area contributed by atoms with Gasteiger partial charge in [-0.1, -0.05) is 34.1 Å². The van der Waals surface area contributed by atoms with E-state index in [1.807, 2.05) is 0 Å². The molecule has 124 valence electrons. The molecule has 23 heavy (non-hydrogen) atoms. The van der Waals surface area contributed by atoms with Crippen LogP contribution in [0.2, 0.25) is 0 Å². The summed E-state index contributed by atoms with van der Waals surface area (Å²) in [6, 6.07) is 0. The first-order valence-electron chi connectivity index (χ1n) is 8.26. The van der Waals surface area contributed by atoms with Crippen LogP contribution in [0.3, 0.4) is 0 Å². The van der Waals surface area contributed by atoms with Gasteiger partial charge in [0.05, 0.1) is 13.1 Å². The molecule has 4 heteroatoms. The first-order valence-corrected chi connectivity index (χ1v) is 8.26. The maximum absolute atomic E-state index is 10.6. The Morgan fingerprint density at radius 1 is 0.913 bits per heavy atom. The second-order valence-corrected chi connectivity index (χ2v) is 6.03. The fourth-order valence-electron chi connectivity index (χ4n) is 3.47. The Bertz CT molecular complexity index is 650. The lowest BCUT2D eigenvalue weighted by Gasteiger charge is -2.25. The summed E-state index contributed by atoms with van der Waals surface area (Å²) in [6.07, 6.45) is 6.26. The van der Waals surface area contributed by atoms with E-state index in [-0.39, 0.29) is 6.54 Å². The molecule has 0 aliphatic rings. The minimum atomic E-state index is 0.290. The summed E-state index contributed by atoms with van der Waals surface area (Å²) >= 11 is 0. The average Bonchev–Trinajstić information content (AvgIpc) is 2.52. The van der Waals surface area contributed by atoms with Gasteiger partial charge in [0.15, 0.2) is 0 Å². The van der Waals surface area contributed by atoms with E-state index in [1.165, 1.54) is 16.7 Å². The van der Waals surface area contributed by atoms with Crippen LogP contribution in [0, 0.1) is 6.92 Å². The van der Waals surface area contributed by atoms with Gasteiger partial charge >= 0.3 is 0 Å². The van der Waals surface area contributed by atoms with Crippen molar-refractivity contribution in [3.05, 3.63) is 33.4 Å². The third kappa shape index (κ3) is 4.25.